The lowest BCUT2D eigenvalue weighted by Crippen LogP contribution is -2.34. The van der Waals surface area contributed by atoms with Crippen LogP contribution in [0, 0.1) is 6.92 Å². The van der Waals surface area contributed by atoms with Crippen molar-refractivity contribution in [3.63, 3.8) is 0 Å². The zero-order valence-corrected chi connectivity index (χ0v) is 29.3. The molecule has 4 aromatic carbocycles. The van der Waals surface area contributed by atoms with Gasteiger partial charge in [0.1, 0.15) is 23.0 Å². The fraction of sp³-hybridized carbons (Fsp3) is 0.317. The molecule has 0 aliphatic carbocycles. The van der Waals surface area contributed by atoms with Crippen molar-refractivity contribution in [3.8, 4) is 17.2 Å². The van der Waals surface area contributed by atoms with Crippen LogP contribution < -0.4 is 19.5 Å². The van der Waals surface area contributed by atoms with Crippen LogP contribution in [-0.4, -0.2) is 48.7 Å². The van der Waals surface area contributed by atoms with Crippen LogP contribution in [-0.2, 0) is 22.6 Å². The van der Waals surface area contributed by atoms with Crippen LogP contribution >= 0.6 is 0 Å². The standard InChI is InChI=1S/C41H46N2O7/c1-5-6-7-8-9-24-49-36-21-15-34(16-22-36)41(47)50-37-19-10-31(11-20-37)28-43(27-30(3)44)40(46)33-13-17-35(18-14-33)42-39(45)26-32-12-23-38(48-4)29(2)25-32/h10-23,25H,5-9,24,26-28H2,1-4H3,(H,42,45). The van der Waals surface area contributed by atoms with E-state index in [0.29, 0.717) is 34.9 Å². The molecule has 0 bridgehead atoms. The lowest BCUT2D eigenvalue weighted by molar-refractivity contribution is -0.118. The molecule has 0 saturated carbocycles. The van der Waals surface area contributed by atoms with Crippen molar-refractivity contribution in [1.82, 2.24) is 4.90 Å². The van der Waals surface area contributed by atoms with Gasteiger partial charge < -0.3 is 24.4 Å². The highest BCUT2D eigenvalue weighted by molar-refractivity contribution is 5.98. The quantitative estimate of drug-likeness (QED) is 0.0645. The molecule has 50 heavy (non-hydrogen) atoms. The van der Waals surface area contributed by atoms with Gasteiger partial charge in [-0.1, -0.05) is 56.9 Å². The van der Waals surface area contributed by atoms with Crippen LogP contribution in [0.25, 0.3) is 0 Å². The molecule has 0 aliphatic heterocycles. The number of unbranched alkanes of at least 4 members (excludes halogenated alkanes) is 4. The van der Waals surface area contributed by atoms with Crippen LogP contribution in [0.1, 0.15) is 83.4 Å². The third kappa shape index (κ3) is 11.6. The van der Waals surface area contributed by atoms with E-state index in [2.05, 4.69) is 12.2 Å². The average Bonchev–Trinajstić information content (AvgIpc) is 3.10. The number of hydrogen-bond donors (Lipinski definition) is 1. The Kier molecular flexibility index (Phi) is 14.2. The molecule has 9 nitrogen and oxygen atoms in total. The summed E-state index contributed by atoms with van der Waals surface area (Å²) < 4.78 is 16.6. The van der Waals surface area contributed by atoms with Crippen LogP contribution in [0.5, 0.6) is 17.2 Å². The molecule has 262 valence electrons. The van der Waals surface area contributed by atoms with Gasteiger partial charge in [0, 0.05) is 17.8 Å². The first-order chi connectivity index (χ1) is 24.1. The highest BCUT2D eigenvalue weighted by Crippen LogP contribution is 2.21. The number of amides is 2. The fourth-order valence-corrected chi connectivity index (χ4v) is 5.42. The first-order valence-electron chi connectivity index (χ1n) is 17.0. The number of ketones is 1. The second-order valence-electron chi connectivity index (χ2n) is 12.3. The van der Waals surface area contributed by atoms with Gasteiger partial charge in [-0.05, 0) is 104 Å². The molecule has 4 aromatic rings. The Balaban J connectivity index is 1.30. The van der Waals surface area contributed by atoms with E-state index in [-0.39, 0.29) is 37.1 Å². The number of nitrogens with one attached hydrogen (secondary N) is 1. The Hall–Kier alpha value is -5.44. The summed E-state index contributed by atoms with van der Waals surface area (Å²) in [5.41, 5.74) is 3.90. The van der Waals surface area contributed by atoms with Gasteiger partial charge in [0.25, 0.3) is 5.91 Å². The number of aryl methyl sites for hydroxylation is 1. The molecule has 4 rings (SSSR count). The van der Waals surface area contributed by atoms with E-state index in [4.69, 9.17) is 14.2 Å². The molecule has 0 saturated heterocycles. The van der Waals surface area contributed by atoms with Crippen molar-refractivity contribution in [2.24, 2.45) is 0 Å². The summed E-state index contributed by atoms with van der Waals surface area (Å²) in [5.74, 6) is 0.661. The summed E-state index contributed by atoms with van der Waals surface area (Å²) in [7, 11) is 1.61. The molecule has 0 unspecified atom stereocenters. The van der Waals surface area contributed by atoms with Crippen LogP contribution in [0.4, 0.5) is 5.69 Å². The van der Waals surface area contributed by atoms with Gasteiger partial charge in [0.2, 0.25) is 5.91 Å². The molecule has 0 aliphatic rings. The Morgan fingerprint density at radius 1 is 0.740 bits per heavy atom. The number of methoxy groups -OCH3 is 1. The van der Waals surface area contributed by atoms with E-state index in [9.17, 15) is 19.2 Å². The number of Topliss-reactive ketones (excluding diaryl/α,β-unsaturated/α-hetero) is 1. The summed E-state index contributed by atoms with van der Waals surface area (Å²) in [6.07, 6.45) is 6.00. The second kappa shape index (κ2) is 18.9. The van der Waals surface area contributed by atoms with Gasteiger partial charge in [-0.15, -0.1) is 0 Å². The molecule has 0 radical (unpaired) electrons. The Morgan fingerprint density at radius 3 is 2.02 bits per heavy atom. The van der Waals surface area contributed by atoms with Crippen molar-refractivity contribution in [1.29, 1.82) is 0 Å². The number of carbonyl (C=O) groups excluding carboxylic acids is 4. The maximum Gasteiger partial charge on any atom is 0.343 e. The number of ether oxygens (including phenoxy) is 3. The fourth-order valence-electron chi connectivity index (χ4n) is 5.42. The summed E-state index contributed by atoms with van der Waals surface area (Å²) >= 11 is 0. The summed E-state index contributed by atoms with van der Waals surface area (Å²) in [5, 5.41) is 2.86. The molecule has 0 atom stereocenters. The van der Waals surface area contributed by atoms with Crippen molar-refractivity contribution in [3.05, 3.63) is 119 Å². The van der Waals surface area contributed by atoms with E-state index in [1.165, 1.54) is 31.1 Å². The smallest absolute Gasteiger partial charge is 0.343 e. The zero-order chi connectivity index (χ0) is 35.9. The number of benzene rings is 4. The number of hydrogen-bond acceptors (Lipinski definition) is 7. The number of rotatable bonds is 18. The topological polar surface area (TPSA) is 111 Å². The normalized spacial score (nSPS) is 10.6. The maximum absolute atomic E-state index is 13.4. The van der Waals surface area contributed by atoms with Crippen molar-refractivity contribution < 1.29 is 33.4 Å². The van der Waals surface area contributed by atoms with Crippen molar-refractivity contribution in [2.45, 2.75) is 65.8 Å². The van der Waals surface area contributed by atoms with Gasteiger partial charge in [0.05, 0.1) is 32.2 Å². The second-order valence-corrected chi connectivity index (χ2v) is 12.3. The predicted molar refractivity (Wildman–Crippen MR) is 194 cm³/mol. The van der Waals surface area contributed by atoms with Gasteiger partial charge in [-0.3, -0.25) is 14.4 Å². The van der Waals surface area contributed by atoms with Crippen molar-refractivity contribution >= 4 is 29.3 Å². The van der Waals surface area contributed by atoms with E-state index in [1.54, 1.807) is 79.9 Å². The number of anilines is 1. The molecule has 9 heteroatoms. The Labute approximate surface area is 294 Å². The van der Waals surface area contributed by atoms with E-state index in [1.807, 2.05) is 25.1 Å². The molecule has 0 spiro atoms. The van der Waals surface area contributed by atoms with Crippen molar-refractivity contribution in [2.75, 3.05) is 25.6 Å². The average molecular weight is 679 g/mol. The SMILES string of the molecule is CCCCCCCOc1ccc(C(=O)Oc2ccc(CN(CC(C)=O)C(=O)c3ccc(NC(=O)Cc4ccc(OC)c(C)c4)cc3)cc2)cc1. The summed E-state index contributed by atoms with van der Waals surface area (Å²) in [6, 6.07) is 25.9. The summed E-state index contributed by atoms with van der Waals surface area (Å²) in [4.78, 5) is 52.4. The Morgan fingerprint density at radius 2 is 1.38 bits per heavy atom. The predicted octanol–water partition coefficient (Wildman–Crippen LogP) is 7.98. The lowest BCUT2D eigenvalue weighted by Gasteiger charge is -2.22. The molecular weight excluding hydrogens is 632 g/mol. The highest BCUT2D eigenvalue weighted by atomic mass is 16.5. The molecule has 1 N–H and O–H groups in total. The minimum absolute atomic E-state index is 0.0755. The van der Waals surface area contributed by atoms with E-state index < -0.39 is 5.97 Å². The van der Waals surface area contributed by atoms with Gasteiger partial charge in [-0.25, -0.2) is 4.79 Å². The van der Waals surface area contributed by atoms with Crippen LogP contribution in [0.3, 0.4) is 0 Å². The number of carbonyl (C=O) groups is 4. The zero-order valence-electron chi connectivity index (χ0n) is 29.3. The first-order valence-corrected chi connectivity index (χ1v) is 17.0. The van der Waals surface area contributed by atoms with Gasteiger partial charge in [-0.2, -0.15) is 0 Å². The highest BCUT2D eigenvalue weighted by Gasteiger charge is 2.19. The number of nitrogens with zero attached hydrogens (tertiary/aromatic N) is 1. The summed E-state index contributed by atoms with van der Waals surface area (Å²) in [6.45, 7) is 6.29. The maximum atomic E-state index is 13.4. The van der Waals surface area contributed by atoms with E-state index in [0.717, 1.165) is 35.3 Å². The minimum Gasteiger partial charge on any atom is -0.496 e. The van der Waals surface area contributed by atoms with Crippen LogP contribution in [0.15, 0.2) is 91.0 Å². The molecule has 0 fully saturated rings. The molecule has 0 heterocycles. The van der Waals surface area contributed by atoms with E-state index >= 15 is 0 Å². The van der Waals surface area contributed by atoms with Crippen LogP contribution in [0.2, 0.25) is 0 Å². The van der Waals surface area contributed by atoms with Gasteiger partial charge in [0.15, 0.2) is 0 Å². The van der Waals surface area contributed by atoms with Gasteiger partial charge >= 0.3 is 5.97 Å². The molecule has 0 aromatic heterocycles. The third-order valence-electron chi connectivity index (χ3n) is 8.05. The molecule has 2 amide bonds. The largest absolute Gasteiger partial charge is 0.496 e. The minimum atomic E-state index is -0.493. The Bertz CT molecular complexity index is 1730. The lowest BCUT2D eigenvalue weighted by atomic mass is 10.1. The number of esters is 1. The monoisotopic (exact) mass is 678 g/mol. The third-order valence-corrected chi connectivity index (χ3v) is 8.05. The molecular formula is C41H46N2O7. The first kappa shape index (κ1) is 37.4.